The average Bonchev–Trinajstić information content (AvgIpc) is 3.84. The fraction of sp³-hybridized carbons (Fsp3) is 0.440. The van der Waals surface area contributed by atoms with Crippen molar-refractivity contribution in [1.82, 2.24) is 9.97 Å². The highest BCUT2D eigenvalue weighted by molar-refractivity contribution is 7.16. The van der Waals surface area contributed by atoms with E-state index in [2.05, 4.69) is 139 Å². The lowest BCUT2D eigenvalue weighted by Crippen LogP contribution is -2.16. The van der Waals surface area contributed by atoms with Gasteiger partial charge < -0.3 is 0 Å². The third-order valence-corrected chi connectivity index (χ3v) is 14.5. The molecule has 6 aromatic rings. The molecule has 6 rings (SSSR count). The molecule has 0 aliphatic carbocycles. The first-order valence-corrected chi connectivity index (χ1v) is 22.5. The third kappa shape index (κ3) is 9.61. The summed E-state index contributed by atoms with van der Waals surface area (Å²) in [4.78, 5) is 16.1. The maximum absolute atomic E-state index is 5.32. The Morgan fingerprint density at radius 1 is 0.444 bits per heavy atom. The number of pyridine rings is 2. The molecule has 4 heterocycles. The number of aryl methyl sites for hydroxylation is 2. The Kier molecular flexibility index (Phi) is 14.0. The highest BCUT2D eigenvalue weighted by atomic mass is 32.1. The van der Waals surface area contributed by atoms with Crippen LogP contribution in [0.15, 0.2) is 97.1 Å². The van der Waals surface area contributed by atoms with Gasteiger partial charge in [0.05, 0.1) is 32.2 Å². The van der Waals surface area contributed by atoms with Crippen LogP contribution in [0.4, 0.5) is 0 Å². The molecule has 2 aromatic carbocycles. The SMILES string of the molecule is CCCCCCCCc1cc(C(C)(C)c2ccccc2)sc1-c1ccc2nc(-c3sc(C(C)(C)c4ccccc4)cc3CCCCCCCC)ccc2n1. The van der Waals surface area contributed by atoms with Crippen LogP contribution in [0.5, 0.6) is 0 Å². The van der Waals surface area contributed by atoms with Gasteiger partial charge in [0.15, 0.2) is 0 Å². The zero-order valence-electron chi connectivity index (χ0n) is 33.8. The van der Waals surface area contributed by atoms with Gasteiger partial charge in [-0.1, -0.05) is 166 Å². The monoisotopic (exact) mass is 754 g/mol. The van der Waals surface area contributed by atoms with E-state index in [1.807, 2.05) is 22.7 Å². The van der Waals surface area contributed by atoms with Crippen LogP contribution in [0.3, 0.4) is 0 Å². The largest absolute Gasteiger partial charge is 0.245 e. The van der Waals surface area contributed by atoms with Gasteiger partial charge in [-0.15, -0.1) is 22.7 Å². The van der Waals surface area contributed by atoms with Crippen LogP contribution < -0.4 is 0 Å². The number of nitrogens with zero attached hydrogens (tertiary/aromatic N) is 2. The van der Waals surface area contributed by atoms with Crippen molar-refractivity contribution < 1.29 is 0 Å². The Morgan fingerprint density at radius 2 is 0.815 bits per heavy atom. The molecule has 0 unspecified atom stereocenters. The second-order valence-electron chi connectivity index (χ2n) is 16.4. The highest BCUT2D eigenvalue weighted by Gasteiger charge is 2.29. The number of unbranched alkanes of at least 4 members (excludes halogenated alkanes) is 10. The summed E-state index contributed by atoms with van der Waals surface area (Å²) in [6.45, 7) is 14.0. The lowest BCUT2D eigenvalue weighted by molar-refractivity contribution is 0.607. The molecule has 0 aliphatic heterocycles. The Morgan fingerprint density at radius 3 is 1.20 bits per heavy atom. The number of hydrogen-bond donors (Lipinski definition) is 0. The predicted octanol–water partition coefficient (Wildman–Crippen LogP) is 15.5. The molecule has 54 heavy (non-hydrogen) atoms. The molecule has 284 valence electrons. The van der Waals surface area contributed by atoms with E-state index < -0.39 is 0 Å². The van der Waals surface area contributed by atoms with Gasteiger partial charge >= 0.3 is 0 Å². The maximum Gasteiger partial charge on any atom is 0.0895 e. The minimum absolute atomic E-state index is 0.0742. The fourth-order valence-corrected chi connectivity index (χ4v) is 10.3. The summed E-state index contributed by atoms with van der Waals surface area (Å²) < 4.78 is 0. The van der Waals surface area contributed by atoms with E-state index in [4.69, 9.17) is 9.97 Å². The van der Waals surface area contributed by atoms with Crippen molar-refractivity contribution in [2.45, 2.75) is 142 Å². The Balaban J connectivity index is 1.31. The summed E-state index contributed by atoms with van der Waals surface area (Å²) in [6.07, 6.45) is 17.8. The molecule has 2 nitrogen and oxygen atoms in total. The predicted molar refractivity (Wildman–Crippen MR) is 237 cm³/mol. The molecule has 0 fully saturated rings. The lowest BCUT2D eigenvalue weighted by atomic mass is 9.83. The zero-order chi connectivity index (χ0) is 38.0. The molecule has 0 radical (unpaired) electrons. The van der Waals surface area contributed by atoms with Gasteiger partial charge in [-0.2, -0.15) is 0 Å². The molecule has 0 aliphatic rings. The number of hydrogen-bond acceptors (Lipinski definition) is 4. The number of benzene rings is 2. The van der Waals surface area contributed by atoms with Crippen LogP contribution in [0.1, 0.15) is 151 Å². The van der Waals surface area contributed by atoms with Gasteiger partial charge in [0, 0.05) is 20.6 Å². The van der Waals surface area contributed by atoms with Crippen LogP contribution in [0.2, 0.25) is 0 Å². The van der Waals surface area contributed by atoms with Crippen molar-refractivity contribution in [2.24, 2.45) is 0 Å². The molecule has 4 heteroatoms. The summed E-state index contributed by atoms with van der Waals surface area (Å²) in [6, 6.07) is 35.8. The second-order valence-corrected chi connectivity index (χ2v) is 18.5. The number of rotatable bonds is 20. The van der Waals surface area contributed by atoms with E-state index in [1.54, 1.807) is 0 Å². The summed E-state index contributed by atoms with van der Waals surface area (Å²) in [5, 5.41) is 0. The van der Waals surface area contributed by atoms with Gasteiger partial charge in [-0.25, -0.2) is 9.97 Å². The molecule has 0 saturated heterocycles. The van der Waals surface area contributed by atoms with Gasteiger partial charge in [0.25, 0.3) is 0 Å². The van der Waals surface area contributed by atoms with Crippen molar-refractivity contribution in [3.05, 3.63) is 129 Å². The first-order chi connectivity index (χ1) is 26.2. The van der Waals surface area contributed by atoms with E-state index in [0.717, 1.165) is 35.3 Å². The average molecular weight is 755 g/mol. The van der Waals surface area contributed by atoms with Crippen LogP contribution in [0.25, 0.3) is 32.2 Å². The third-order valence-electron chi connectivity index (χ3n) is 11.4. The molecule has 0 N–H and O–H groups in total. The van der Waals surface area contributed by atoms with Gasteiger partial charge in [-0.3, -0.25) is 0 Å². The van der Waals surface area contributed by atoms with Crippen LogP contribution in [-0.2, 0) is 23.7 Å². The van der Waals surface area contributed by atoms with Gasteiger partial charge in [0.1, 0.15) is 0 Å². The first kappa shape index (κ1) is 40.1. The number of aromatic nitrogens is 2. The summed E-state index contributed by atoms with van der Waals surface area (Å²) in [5.74, 6) is 0. The summed E-state index contributed by atoms with van der Waals surface area (Å²) in [7, 11) is 0. The van der Waals surface area contributed by atoms with Crippen molar-refractivity contribution in [3.63, 3.8) is 0 Å². The zero-order valence-corrected chi connectivity index (χ0v) is 35.5. The minimum Gasteiger partial charge on any atom is -0.245 e. The Labute approximate surface area is 334 Å². The van der Waals surface area contributed by atoms with Crippen LogP contribution in [0, 0.1) is 0 Å². The maximum atomic E-state index is 5.32. The highest BCUT2D eigenvalue weighted by Crippen LogP contribution is 2.44. The minimum atomic E-state index is -0.0742. The number of thiophene rings is 2. The number of fused-ring (bicyclic) bond motifs is 1. The normalized spacial score (nSPS) is 12.2. The molecule has 0 amide bonds. The lowest BCUT2D eigenvalue weighted by Gasteiger charge is -2.24. The Hall–Kier alpha value is -3.60. The van der Waals surface area contributed by atoms with E-state index in [1.165, 1.54) is 119 Å². The molecular weight excluding hydrogens is 693 g/mol. The van der Waals surface area contributed by atoms with Crippen molar-refractivity contribution in [2.75, 3.05) is 0 Å². The topological polar surface area (TPSA) is 25.8 Å². The van der Waals surface area contributed by atoms with E-state index in [0.29, 0.717) is 0 Å². The standard InChI is InChI=1S/C50H62N2S2/c1-7-9-11-13-15-19-25-37-35-45(49(3,4)39-27-21-17-22-28-39)53-47(37)43-33-31-42-41(51-43)32-34-44(52-42)48-38(26-20-16-14-12-10-8-2)36-46(54-48)50(5,6)40-29-23-18-24-30-40/h17-18,21-24,27-36H,7-16,19-20,25-26H2,1-6H3. The van der Waals surface area contributed by atoms with E-state index in [-0.39, 0.29) is 10.8 Å². The second kappa shape index (κ2) is 18.8. The van der Waals surface area contributed by atoms with Gasteiger partial charge in [0.2, 0.25) is 0 Å². The van der Waals surface area contributed by atoms with Gasteiger partial charge in [-0.05, 0) is 84.3 Å². The van der Waals surface area contributed by atoms with Crippen molar-refractivity contribution >= 4 is 33.7 Å². The van der Waals surface area contributed by atoms with Crippen molar-refractivity contribution in [3.8, 4) is 21.1 Å². The molecule has 0 saturated carbocycles. The molecule has 0 spiro atoms. The van der Waals surface area contributed by atoms with Crippen molar-refractivity contribution in [1.29, 1.82) is 0 Å². The van der Waals surface area contributed by atoms with E-state index in [9.17, 15) is 0 Å². The smallest absolute Gasteiger partial charge is 0.0895 e. The van der Waals surface area contributed by atoms with E-state index >= 15 is 0 Å². The first-order valence-electron chi connectivity index (χ1n) is 20.9. The Bertz CT molecular complexity index is 1900. The fourth-order valence-electron chi connectivity index (χ4n) is 7.73. The van der Waals surface area contributed by atoms with Crippen LogP contribution in [-0.4, -0.2) is 9.97 Å². The quantitative estimate of drug-likeness (QED) is 0.0725. The molecule has 0 atom stereocenters. The summed E-state index contributed by atoms with van der Waals surface area (Å²) >= 11 is 3.86. The summed E-state index contributed by atoms with van der Waals surface area (Å²) in [5.41, 5.74) is 9.53. The molecular formula is C50H62N2S2. The molecule has 4 aromatic heterocycles. The molecule has 0 bridgehead atoms. The van der Waals surface area contributed by atoms with Crippen LogP contribution >= 0.6 is 22.7 Å².